The average Bonchev–Trinajstić information content (AvgIpc) is 2.51. The number of amides is 1. The average molecular weight is 300 g/mol. The van der Waals surface area contributed by atoms with Crippen LogP contribution in [0.25, 0.3) is 0 Å². The number of rotatable bonds is 4. The van der Waals surface area contributed by atoms with Crippen molar-refractivity contribution in [2.24, 2.45) is 5.73 Å². The van der Waals surface area contributed by atoms with Crippen LogP contribution in [0.4, 0.5) is 0 Å². The fourth-order valence-corrected chi connectivity index (χ4v) is 2.11. The summed E-state index contributed by atoms with van der Waals surface area (Å²) in [6, 6.07) is 0. The third-order valence-electron chi connectivity index (χ3n) is 1.98. The third-order valence-corrected chi connectivity index (χ3v) is 3.26. The van der Waals surface area contributed by atoms with Crippen LogP contribution in [0.5, 0.6) is 0 Å². The Kier molecular flexibility index (Phi) is 8.79. The fourth-order valence-electron chi connectivity index (χ4n) is 1.24. The van der Waals surface area contributed by atoms with Crippen molar-refractivity contribution in [1.29, 1.82) is 0 Å². The maximum Gasteiger partial charge on any atom is 0.222 e. The van der Waals surface area contributed by atoms with Gasteiger partial charge in [-0.3, -0.25) is 4.79 Å². The summed E-state index contributed by atoms with van der Waals surface area (Å²) in [5.74, 6) is -0.0321. The second-order valence-corrected chi connectivity index (χ2v) is 4.86. The molecular formula is C10H19Cl2N3OS. The highest BCUT2D eigenvalue weighted by Gasteiger charge is 2.25. The predicted molar refractivity (Wildman–Crippen MR) is 76.2 cm³/mol. The fraction of sp³-hybridized carbons (Fsp3) is 0.600. The number of carbonyl (C=O) groups is 1. The summed E-state index contributed by atoms with van der Waals surface area (Å²) in [7, 11) is 0. The molecule has 0 aromatic carbocycles. The van der Waals surface area contributed by atoms with Crippen molar-refractivity contribution in [1.82, 2.24) is 10.3 Å². The summed E-state index contributed by atoms with van der Waals surface area (Å²) in [4.78, 5) is 15.8. The molecule has 100 valence electrons. The summed E-state index contributed by atoms with van der Waals surface area (Å²) in [5, 5.41) is 5.82. The second kappa shape index (κ2) is 7.87. The highest BCUT2D eigenvalue weighted by Crippen LogP contribution is 2.23. The zero-order valence-electron chi connectivity index (χ0n) is 10.1. The number of hydrogen-bond acceptors (Lipinski definition) is 4. The Morgan fingerprint density at radius 1 is 1.53 bits per heavy atom. The van der Waals surface area contributed by atoms with E-state index in [0.717, 1.165) is 10.7 Å². The van der Waals surface area contributed by atoms with Crippen LogP contribution in [0.15, 0.2) is 5.38 Å². The molecule has 0 aliphatic rings. The van der Waals surface area contributed by atoms with Crippen molar-refractivity contribution in [2.75, 3.05) is 6.54 Å². The molecule has 1 amide bonds. The summed E-state index contributed by atoms with van der Waals surface area (Å²) < 4.78 is 0. The van der Waals surface area contributed by atoms with E-state index in [-0.39, 0.29) is 30.7 Å². The van der Waals surface area contributed by atoms with Gasteiger partial charge in [0, 0.05) is 24.0 Å². The second-order valence-electron chi connectivity index (χ2n) is 4.01. The number of nitrogens with zero attached hydrogens (tertiary/aromatic N) is 1. The van der Waals surface area contributed by atoms with E-state index < -0.39 is 5.54 Å². The molecule has 0 aliphatic carbocycles. The predicted octanol–water partition coefficient (Wildman–Crippen LogP) is 2.00. The van der Waals surface area contributed by atoms with Gasteiger partial charge in [0.25, 0.3) is 0 Å². The van der Waals surface area contributed by atoms with Gasteiger partial charge < -0.3 is 11.1 Å². The Morgan fingerprint density at radius 2 is 2.12 bits per heavy atom. The summed E-state index contributed by atoms with van der Waals surface area (Å²) in [6.07, 6.45) is 0.355. The first-order chi connectivity index (χ1) is 6.95. The van der Waals surface area contributed by atoms with Crippen LogP contribution in [-0.2, 0) is 10.3 Å². The normalized spacial score (nSPS) is 10.1. The van der Waals surface area contributed by atoms with Crippen molar-refractivity contribution in [3.8, 4) is 0 Å². The topological polar surface area (TPSA) is 68.0 Å². The Morgan fingerprint density at radius 3 is 2.53 bits per heavy atom. The number of aromatic nitrogens is 1. The number of hydrogen-bond donors (Lipinski definition) is 2. The summed E-state index contributed by atoms with van der Waals surface area (Å²) in [6.45, 7) is 6.20. The minimum Gasteiger partial charge on any atom is -0.345 e. The van der Waals surface area contributed by atoms with E-state index in [2.05, 4.69) is 10.3 Å². The van der Waals surface area contributed by atoms with Crippen molar-refractivity contribution in [3.05, 3.63) is 16.1 Å². The van der Waals surface area contributed by atoms with Gasteiger partial charge in [-0.25, -0.2) is 4.98 Å². The van der Waals surface area contributed by atoms with Crippen molar-refractivity contribution in [3.63, 3.8) is 0 Å². The minimum atomic E-state index is -0.412. The first-order valence-electron chi connectivity index (χ1n) is 4.89. The SMILES string of the molecule is Cc1csc(C(C)(C)NC(=O)CCN)n1.Cl.Cl. The van der Waals surface area contributed by atoms with Crippen LogP contribution in [0.2, 0.25) is 0 Å². The molecule has 0 fully saturated rings. The molecule has 0 atom stereocenters. The maximum absolute atomic E-state index is 11.4. The molecule has 1 rings (SSSR count). The van der Waals surface area contributed by atoms with Gasteiger partial charge in [-0.05, 0) is 20.8 Å². The number of nitrogens with two attached hydrogens (primary N) is 1. The van der Waals surface area contributed by atoms with Crippen LogP contribution in [0.3, 0.4) is 0 Å². The van der Waals surface area contributed by atoms with Crippen LogP contribution in [0, 0.1) is 6.92 Å². The molecular weight excluding hydrogens is 281 g/mol. The lowest BCUT2D eigenvalue weighted by Gasteiger charge is -2.23. The van der Waals surface area contributed by atoms with Gasteiger partial charge >= 0.3 is 0 Å². The van der Waals surface area contributed by atoms with Crippen LogP contribution < -0.4 is 11.1 Å². The minimum absolute atomic E-state index is 0. The number of halogens is 2. The molecule has 0 unspecified atom stereocenters. The van der Waals surface area contributed by atoms with Crippen LogP contribution >= 0.6 is 36.2 Å². The Hall–Kier alpha value is -0.360. The van der Waals surface area contributed by atoms with Gasteiger partial charge in [-0.1, -0.05) is 0 Å². The molecule has 4 nitrogen and oxygen atoms in total. The molecule has 0 radical (unpaired) electrons. The lowest BCUT2D eigenvalue weighted by molar-refractivity contribution is -0.122. The first kappa shape index (κ1) is 19.0. The van der Waals surface area contributed by atoms with Crippen molar-refractivity contribution < 1.29 is 4.79 Å². The van der Waals surface area contributed by atoms with Gasteiger partial charge in [-0.2, -0.15) is 0 Å². The van der Waals surface area contributed by atoms with Gasteiger partial charge in [0.15, 0.2) is 0 Å². The van der Waals surface area contributed by atoms with Crippen molar-refractivity contribution in [2.45, 2.75) is 32.7 Å². The largest absolute Gasteiger partial charge is 0.345 e. The van der Waals surface area contributed by atoms with Gasteiger partial charge in [0.05, 0.1) is 5.54 Å². The third kappa shape index (κ3) is 5.68. The highest BCUT2D eigenvalue weighted by atomic mass is 35.5. The van der Waals surface area contributed by atoms with E-state index in [1.54, 1.807) is 11.3 Å². The molecule has 0 bridgehead atoms. The van der Waals surface area contributed by atoms with Crippen LogP contribution in [-0.4, -0.2) is 17.4 Å². The Bertz CT molecular complexity index is 355. The standard InChI is InChI=1S/C10H17N3OS.2ClH/c1-7-6-15-9(12-7)10(2,3)13-8(14)4-5-11;;/h6H,4-5,11H2,1-3H3,(H,13,14);2*1H. The number of carbonyl (C=O) groups excluding carboxylic acids is 1. The quantitative estimate of drug-likeness (QED) is 0.893. The number of aryl methyl sites for hydroxylation is 1. The molecule has 0 aliphatic heterocycles. The Balaban J connectivity index is 0. The molecule has 0 saturated carbocycles. The lowest BCUT2D eigenvalue weighted by atomic mass is 10.1. The van der Waals surface area contributed by atoms with Gasteiger partial charge in [0.2, 0.25) is 5.91 Å². The number of nitrogens with one attached hydrogen (secondary N) is 1. The zero-order chi connectivity index (χ0) is 11.5. The van der Waals surface area contributed by atoms with Gasteiger partial charge in [0.1, 0.15) is 5.01 Å². The van der Waals surface area contributed by atoms with Crippen molar-refractivity contribution >= 4 is 42.1 Å². The summed E-state index contributed by atoms with van der Waals surface area (Å²) in [5.41, 5.74) is 5.89. The van der Waals surface area contributed by atoms with Gasteiger partial charge in [-0.15, -0.1) is 36.2 Å². The van der Waals surface area contributed by atoms with Crippen LogP contribution in [0.1, 0.15) is 31.0 Å². The van der Waals surface area contributed by atoms with E-state index >= 15 is 0 Å². The molecule has 17 heavy (non-hydrogen) atoms. The zero-order valence-corrected chi connectivity index (χ0v) is 12.6. The summed E-state index contributed by atoms with van der Waals surface area (Å²) >= 11 is 1.56. The molecule has 1 heterocycles. The molecule has 0 spiro atoms. The van der Waals surface area contributed by atoms with E-state index in [9.17, 15) is 4.79 Å². The Labute approximate surface area is 118 Å². The lowest BCUT2D eigenvalue weighted by Crippen LogP contribution is -2.41. The highest BCUT2D eigenvalue weighted by molar-refractivity contribution is 7.09. The van der Waals surface area contributed by atoms with E-state index in [4.69, 9.17) is 5.73 Å². The monoisotopic (exact) mass is 299 g/mol. The molecule has 1 aromatic rings. The van der Waals surface area contributed by atoms with E-state index in [1.165, 1.54) is 0 Å². The molecule has 0 saturated heterocycles. The van der Waals surface area contributed by atoms with E-state index in [1.807, 2.05) is 26.2 Å². The molecule has 3 N–H and O–H groups in total. The number of thiazole rings is 1. The molecule has 7 heteroatoms. The smallest absolute Gasteiger partial charge is 0.222 e. The first-order valence-corrected chi connectivity index (χ1v) is 5.77. The molecule has 1 aromatic heterocycles. The maximum atomic E-state index is 11.4. The van der Waals surface area contributed by atoms with E-state index in [0.29, 0.717) is 13.0 Å².